The molecule has 0 radical (unpaired) electrons. The van der Waals surface area contributed by atoms with E-state index in [0.29, 0.717) is 33.4 Å². The first-order chi connectivity index (χ1) is 15.2. The molecule has 0 spiro atoms. The number of esters is 1. The molecule has 2 aromatic rings. The molecule has 2 amide bonds. The lowest BCUT2D eigenvalue weighted by Gasteiger charge is -2.12. The third-order valence-corrected chi connectivity index (χ3v) is 5.64. The van der Waals surface area contributed by atoms with Gasteiger partial charge < -0.3 is 19.7 Å². The topological polar surface area (TPSA) is 109 Å². The van der Waals surface area contributed by atoms with Crippen molar-refractivity contribution >= 4 is 51.5 Å². The lowest BCUT2D eigenvalue weighted by atomic mass is 10.1. The van der Waals surface area contributed by atoms with Crippen LogP contribution in [-0.2, 0) is 4.74 Å². The molecule has 1 heterocycles. The Morgan fingerprint density at radius 3 is 2.34 bits per heavy atom. The predicted molar refractivity (Wildman–Crippen MR) is 127 cm³/mol. The van der Waals surface area contributed by atoms with E-state index in [1.54, 1.807) is 45.3 Å². The second kappa shape index (κ2) is 11.4. The predicted octanol–water partition coefficient (Wildman–Crippen LogP) is 2.97. The number of thiocarbonyl (C=S) groups is 1. The number of thiophene rings is 1. The van der Waals surface area contributed by atoms with E-state index in [0.717, 1.165) is 17.8 Å². The molecule has 1 aromatic carbocycles. The van der Waals surface area contributed by atoms with Gasteiger partial charge in [0.15, 0.2) is 5.11 Å². The van der Waals surface area contributed by atoms with E-state index in [9.17, 15) is 14.4 Å². The molecule has 3 N–H and O–H groups in total. The fourth-order valence-corrected chi connectivity index (χ4v) is 4.04. The number of rotatable bonds is 7. The Morgan fingerprint density at radius 2 is 1.78 bits per heavy atom. The van der Waals surface area contributed by atoms with Crippen LogP contribution in [0, 0.1) is 6.92 Å². The van der Waals surface area contributed by atoms with Crippen LogP contribution in [0.25, 0.3) is 0 Å². The van der Waals surface area contributed by atoms with Crippen LogP contribution in [-0.4, -0.2) is 55.6 Å². The highest BCUT2D eigenvalue weighted by Crippen LogP contribution is 2.34. The molecule has 0 aliphatic rings. The summed E-state index contributed by atoms with van der Waals surface area (Å²) < 4.78 is 10.3. The molecular formula is C21H26N4O5S2. The summed E-state index contributed by atoms with van der Waals surface area (Å²) in [4.78, 5) is 38.8. The van der Waals surface area contributed by atoms with Gasteiger partial charge in [-0.15, -0.1) is 11.3 Å². The molecule has 11 heteroatoms. The Morgan fingerprint density at radius 1 is 1.12 bits per heavy atom. The number of anilines is 1. The van der Waals surface area contributed by atoms with Gasteiger partial charge >= 0.3 is 5.97 Å². The van der Waals surface area contributed by atoms with Crippen LogP contribution in [0.15, 0.2) is 24.3 Å². The highest BCUT2D eigenvalue weighted by Gasteiger charge is 2.26. The van der Waals surface area contributed by atoms with Gasteiger partial charge in [-0.1, -0.05) is 6.92 Å². The zero-order valence-corrected chi connectivity index (χ0v) is 20.2. The Kier molecular flexibility index (Phi) is 8.97. The Bertz CT molecular complexity index is 1000. The van der Waals surface area contributed by atoms with Gasteiger partial charge in [-0.2, -0.15) is 0 Å². The standard InChI is InChI=1S/C21H26N4O5S2/c1-6-11-30-14-9-7-13(8-10-14)17(26)23-24-21(31)22-18-15(20(28)29-5)12(2)16(32-18)19(27)25(3)4/h7-10H,6,11H2,1-5H3,(H,23,26)(H2,22,24,31). The lowest BCUT2D eigenvalue weighted by molar-refractivity contribution is 0.0601. The fraction of sp³-hybridized carbons (Fsp3) is 0.333. The number of hydrogen-bond donors (Lipinski definition) is 3. The van der Waals surface area contributed by atoms with Crippen molar-refractivity contribution in [2.24, 2.45) is 0 Å². The molecular weight excluding hydrogens is 452 g/mol. The number of carbonyl (C=O) groups is 3. The van der Waals surface area contributed by atoms with Gasteiger partial charge in [0.1, 0.15) is 10.8 Å². The molecule has 0 aliphatic carbocycles. The molecule has 1 aromatic heterocycles. The van der Waals surface area contributed by atoms with Crippen molar-refractivity contribution in [2.75, 3.05) is 33.1 Å². The molecule has 0 atom stereocenters. The van der Waals surface area contributed by atoms with Crippen molar-refractivity contribution in [1.82, 2.24) is 15.8 Å². The fourth-order valence-electron chi connectivity index (χ4n) is 2.60. The average molecular weight is 479 g/mol. The number of amides is 2. The van der Waals surface area contributed by atoms with E-state index in [1.807, 2.05) is 6.92 Å². The van der Waals surface area contributed by atoms with Crippen molar-refractivity contribution in [3.63, 3.8) is 0 Å². The Hall–Kier alpha value is -3.18. The molecule has 9 nitrogen and oxygen atoms in total. The number of ether oxygens (including phenoxy) is 2. The number of nitrogens with one attached hydrogen (secondary N) is 3. The maximum atomic E-state index is 12.4. The summed E-state index contributed by atoms with van der Waals surface area (Å²) in [5, 5.41) is 3.23. The number of methoxy groups -OCH3 is 1. The minimum absolute atomic E-state index is 0.0384. The van der Waals surface area contributed by atoms with Crippen LogP contribution < -0.4 is 20.9 Å². The monoisotopic (exact) mass is 478 g/mol. The molecule has 0 aliphatic heterocycles. The summed E-state index contributed by atoms with van der Waals surface area (Å²) >= 11 is 6.30. The molecule has 0 saturated heterocycles. The van der Waals surface area contributed by atoms with Gasteiger partial charge in [0.25, 0.3) is 11.8 Å². The van der Waals surface area contributed by atoms with Gasteiger partial charge in [0.2, 0.25) is 0 Å². The van der Waals surface area contributed by atoms with E-state index in [1.165, 1.54) is 12.0 Å². The number of hydrazine groups is 1. The molecule has 0 bridgehead atoms. The summed E-state index contributed by atoms with van der Waals surface area (Å²) in [5.74, 6) is -0.573. The normalized spacial score (nSPS) is 10.2. The molecule has 0 fully saturated rings. The minimum Gasteiger partial charge on any atom is -0.494 e. The smallest absolute Gasteiger partial charge is 0.341 e. The van der Waals surface area contributed by atoms with E-state index in [4.69, 9.17) is 21.7 Å². The summed E-state index contributed by atoms with van der Waals surface area (Å²) in [6.45, 7) is 4.28. The van der Waals surface area contributed by atoms with E-state index >= 15 is 0 Å². The van der Waals surface area contributed by atoms with Crippen molar-refractivity contribution in [2.45, 2.75) is 20.3 Å². The first-order valence-electron chi connectivity index (χ1n) is 9.73. The highest BCUT2D eigenvalue weighted by atomic mass is 32.1. The van der Waals surface area contributed by atoms with Crippen LogP contribution in [0.1, 0.15) is 49.3 Å². The molecule has 0 unspecified atom stereocenters. The van der Waals surface area contributed by atoms with Crippen LogP contribution in [0.4, 0.5) is 5.00 Å². The Labute approximate surface area is 196 Å². The lowest BCUT2D eigenvalue weighted by Crippen LogP contribution is -2.43. The molecule has 32 heavy (non-hydrogen) atoms. The zero-order chi connectivity index (χ0) is 23.8. The highest BCUT2D eigenvalue weighted by molar-refractivity contribution is 7.80. The van der Waals surface area contributed by atoms with Crippen molar-refractivity contribution < 1.29 is 23.9 Å². The van der Waals surface area contributed by atoms with Crippen molar-refractivity contribution in [3.8, 4) is 5.75 Å². The minimum atomic E-state index is -0.601. The first-order valence-corrected chi connectivity index (χ1v) is 11.0. The average Bonchev–Trinajstić information content (AvgIpc) is 3.10. The first kappa shape index (κ1) is 25.1. The van der Waals surface area contributed by atoms with Crippen molar-refractivity contribution in [3.05, 3.63) is 45.8 Å². The van der Waals surface area contributed by atoms with E-state index < -0.39 is 11.9 Å². The third-order valence-electron chi connectivity index (χ3n) is 4.24. The number of carbonyl (C=O) groups excluding carboxylic acids is 3. The summed E-state index contributed by atoms with van der Waals surface area (Å²) in [6.07, 6.45) is 0.892. The largest absolute Gasteiger partial charge is 0.494 e. The molecule has 172 valence electrons. The third kappa shape index (κ3) is 6.17. The van der Waals surface area contributed by atoms with Gasteiger partial charge in [0.05, 0.1) is 24.2 Å². The quantitative estimate of drug-likeness (QED) is 0.317. The van der Waals surface area contributed by atoms with Gasteiger partial charge in [-0.3, -0.25) is 20.4 Å². The Balaban J connectivity index is 2.07. The van der Waals surface area contributed by atoms with E-state index in [-0.39, 0.29) is 16.6 Å². The maximum Gasteiger partial charge on any atom is 0.341 e. The summed E-state index contributed by atoms with van der Waals surface area (Å²) in [7, 11) is 4.50. The van der Waals surface area contributed by atoms with Crippen molar-refractivity contribution in [1.29, 1.82) is 0 Å². The van der Waals surface area contributed by atoms with Gasteiger partial charge in [-0.05, 0) is 55.4 Å². The number of hydrogen-bond acceptors (Lipinski definition) is 7. The number of nitrogens with zero attached hydrogens (tertiary/aromatic N) is 1. The summed E-state index contributed by atoms with van der Waals surface area (Å²) in [6, 6.07) is 6.69. The summed E-state index contributed by atoms with van der Waals surface area (Å²) in [5.41, 5.74) is 6.18. The second-order valence-electron chi connectivity index (χ2n) is 6.86. The van der Waals surface area contributed by atoms with E-state index in [2.05, 4.69) is 16.2 Å². The van der Waals surface area contributed by atoms with Crippen LogP contribution in [0.3, 0.4) is 0 Å². The van der Waals surface area contributed by atoms with Crippen LogP contribution in [0.5, 0.6) is 5.75 Å². The van der Waals surface area contributed by atoms with Gasteiger partial charge in [0, 0.05) is 19.7 Å². The maximum absolute atomic E-state index is 12.4. The number of benzene rings is 1. The SMILES string of the molecule is CCCOc1ccc(C(=O)NNC(=S)Nc2sc(C(=O)N(C)C)c(C)c2C(=O)OC)cc1. The van der Waals surface area contributed by atoms with Crippen LogP contribution >= 0.6 is 23.6 Å². The second-order valence-corrected chi connectivity index (χ2v) is 8.29. The zero-order valence-electron chi connectivity index (χ0n) is 18.5. The van der Waals surface area contributed by atoms with Gasteiger partial charge in [-0.25, -0.2) is 4.79 Å². The molecule has 0 saturated carbocycles. The van der Waals surface area contributed by atoms with Crippen LogP contribution in [0.2, 0.25) is 0 Å². The molecule has 2 rings (SSSR count).